The summed E-state index contributed by atoms with van der Waals surface area (Å²) in [5.74, 6) is 1.11. The van der Waals surface area contributed by atoms with Crippen molar-refractivity contribution < 1.29 is 19.4 Å². The van der Waals surface area contributed by atoms with Crippen LogP contribution in [0.1, 0.15) is 13.8 Å². The molecule has 18 heavy (non-hydrogen) atoms. The van der Waals surface area contributed by atoms with Gasteiger partial charge < -0.3 is 19.9 Å². The number of amides is 1. The Morgan fingerprint density at radius 2 is 1.83 bits per heavy atom. The fourth-order valence-corrected chi connectivity index (χ4v) is 1.31. The van der Waals surface area contributed by atoms with Crippen LogP contribution in [0.5, 0.6) is 11.5 Å². The number of rotatable bonds is 7. The van der Waals surface area contributed by atoms with Gasteiger partial charge in [-0.15, -0.1) is 0 Å². The predicted molar refractivity (Wildman–Crippen MR) is 67.8 cm³/mol. The molecule has 1 atom stereocenters. The van der Waals surface area contributed by atoms with Crippen molar-refractivity contribution in [2.24, 2.45) is 0 Å². The number of aliphatic hydroxyl groups excluding tert-OH is 1. The summed E-state index contributed by atoms with van der Waals surface area (Å²) >= 11 is 0. The van der Waals surface area contributed by atoms with Crippen LogP contribution in [0.3, 0.4) is 0 Å². The van der Waals surface area contributed by atoms with Crippen LogP contribution in [-0.2, 0) is 4.79 Å². The number of benzene rings is 1. The number of ether oxygens (including phenoxy) is 2. The number of hydrogen-bond acceptors (Lipinski definition) is 4. The van der Waals surface area contributed by atoms with Crippen LogP contribution >= 0.6 is 0 Å². The summed E-state index contributed by atoms with van der Waals surface area (Å²) in [5, 5.41) is 11.4. The molecule has 0 bridgehead atoms. The standard InChI is InChI=1S/C13H19NO4/c1-3-17-11-4-6-12(7-5-11)18-9-13(16)14-10(2)8-15/h4-7,10,15H,3,8-9H2,1-2H3,(H,14,16)/t10-/m0/s1. The zero-order valence-electron chi connectivity index (χ0n) is 10.7. The molecule has 0 fully saturated rings. The molecule has 1 aromatic rings. The van der Waals surface area contributed by atoms with Gasteiger partial charge in [-0.2, -0.15) is 0 Å². The molecule has 0 spiro atoms. The van der Waals surface area contributed by atoms with E-state index in [0.29, 0.717) is 12.4 Å². The van der Waals surface area contributed by atoms with E-state index in [0.717, 1.165) is 5.75 Å². The van der Waals surface area contributed by atoms with Gasteiger partial charge in [0, 0.05) is 6.04 Å². The lowest BCUT2D eigenvalue weighted by molar-refractivity contribution is -0.123. The van der Waals surface area contributed by atoms with Crippen LogP contribution in [0.2, 0.25) is 0 Å². The van der Waals surface area contributed by atoms with E-state index in [1.807, 2.05) is 6.92 Å². The lowest BCUT2D eigenvalue weighted by atomic mass is 10.3. The summed E-state index contributed by atoms with van der Waals surface area (Å²) in [6, 6.07) is 6.79. The second-order valence-corrected chi connectivity index (χ2v) is 3.84. The number of hydrogen-bond donors (Lipinski definition) is 2. The van der Waals surface area contributed by atoms with Gasteiger partial charge in [-0.05, 0) is 38.1 Å². The van der Waals surface area contributed by atoms with Crippen molar-refractivity contribution in [1.29, 1.82) is 0 Å². The minimum Gasteiger partial charge on any atom is -0.494 e. The lowest BCUT2D eigenvalue weighted by Crippen LogP contribution is -2.38. The number of aliphatic hydroxyl groups is 1. The number of nitrogens with one attached hydrogen (secondary N) is 1. The molecule has 2 N–H and O–H groups in total. The normalized spacial score (nSPS) is 11.7. The third-order valence-corrected chi connectivity index (χ3v) is 2.19. The zero-order valence-corrected chi connectivity index (χ0v) is 10.7. The number of carbonyl (C=O) groups is 1. The number of carbonyl (C=O) groups excluding carboxylic acids is 1. The van der Waals surface area contributed by atoms with Gasteiger partial charge in [0.05, 0.1) is 13.2 Å². The monoisotopic (exact) mass is 253 g/mol. The Bertz CT molecular complexity index is 364. The molecule has 0 unspecified atom stereocenters. The van der Waals surface area contributed by atoms with Gasteiger partial charge >= 0.3 is 0 Å². The van der Waals surface area contributed by atoms with E-state index in [2.05, 4.69) is 5.32 Å². The maximum Gasteiger partial charge on any atom is 0.258 e. The third-order valence-electron chi connectivity index (χ3n) is 2.19. The molecule has 0 saturated heterocycles. The summed E-state index contributed by atoms with van der Waals surface area (Å²) in [6.07, 6.45) is 0. The summed E-state index contributed by atoms with van der Waals surface area (Å²) in [7, 11) is 0. The maximum atomic E-state index is 11.4. The molecule has 5 heteroatoms. The first-order valence-corrected chi connectivity index (χ1v) is 5.91. The minimum atomic E-state index is -0.263. The SMILES string of the molecule is CCOc1ccc(OCC(=O)N[C@@H](C)CO)cc1. The highest BCUT2D eigenvalue weighted by molar-refractivity contribution is 5.77. The van der Waals surface area contributed by atoms with E-state index in [1.165, 1.54) is 0 Å². The smallest absolute Gasteiger partial charge is 0.258 e. The topological polar surface area (TPSA) is 67.8 Å². The van der Waals surface area contributed by atoms with Crippen LogP contribution < -0.4 is 14.8 Å². The van der Waals surface area contributed by atoms with Crippen molar-refractivity contribution >= 4 is 5.91 Å². The third kappa shape index (κ3) is 5.05. The minimum absolute atomic E-state index is 0.0711. The van der Waals surface area contributed by atoms with Crippen molar-refractivity contribution in [2.45, 2.75) is 19.9 Å². The Kier molecular flexibility index (Phi) is 6.00. The Morgan fingerprint density at radius 3 is 2.33 bits per heavy atom. The molecule has 0 aliphatic heterocycles. The van der Waals surface area contributed by atoms with Gasteiger partial charge in [-0.3, -0.25) is 4.79 Å². The van der Waals surface area contributed by atoms with Gasteiger partial charge in [0.1, 0.15) is 11.5 Å². The van der Waals surface area contributed by atoms with Crippen molar-refractivity contribution in [2.75, 3.05) is 19.8 Å². The molecule has 1 rings (SSSR count). The van der Waals surface area contributed by atoms with Gasteiger partial charge in [-0.25, -0.2) is 0 Å². The van der Waals surface area contributed by atoms with E-state index >= 15 is 0 Å². The molecule has 1 aromatic carbocycles. The predicted octanol–water partition coefficient (Wildman–Crippen LogP) is 0.961. The second kappa shape index (κ2) is 7.55. The first-order valence-electron chi connectivity index (χ1n) is 5.91. The Balaban J connectivity index is 2.36. The molecule has 0 aliphatic carbocycles. The fourth-order valence-electron chi connectivity index (χ4n) is 1.31. The van der Waals surface area contributed by atoms with E-state index in [-0.39, 0.29) is 25.2 Å². The first-order chi connectivity index (χ1) is 8.65. The van der Waals surface area contributed by atoms with Gasteiger partial charge in [0.2, 0.25) is 0 Å². The van der Waals surface area contributed by atoms with Crippen molar-refractivity contribution in [3.63, 3.8) is 0 Å². The average molecular weight is 253 g/mol. The van der Waals surface area contributed by atoms with Crippen molar-refractivity contribution in [3.05, 3.63) is 24.3 Å². The summed E-state index contributed by atoms with van der Waals surface area (Å²) < 4.78 is 10.6. The molecular formula is C13H19NO4. The average Bonchev–Trinajstić information content (AvgIpc) is 2.38. The highest BCUT2D eigenvalue weighted by Crippen LogP contribution is 2.17. The largest absolute Gasteiger partial charge is 0.494 e. The van der Waals surface area contributed by atoms with Crippen molar-refractivity contribution in [1.82, 2.24) is 5.32 Å². The van der Waals surface area contributed by atoms with Crippen molar-refractivity contribution in [3.8, 4) is 11.5 Å². The fraction of sp³-hybridized carbons (Fsp3) is 0.462. The maximum absolute atomic E-state index is 11.4. The Morgan fingerprint density at radius 1 is 1.28 bits per heavy atom. The van der Waals surface area contributed by atoms with Crippen LogP contribution in [0, 0.1) is 0 Å². The molecular weight excluding hydrogens is 234 g/mol. The summed E-state index contributed by atoms with van der Waals surface area (Å²) in [5.41, 5.74) is 0. The highest BCUT2D eigenvalue weighted by atomic mass is 16.5. The molecule has 0 aromatic heterocycles. The van der Waals surface area contributed by atoms with Crippen LogP contribution in [0.4, 0.5) is 0 Å². The quantitative estimate of drug-likeness (QED) is 0.759. The molecule has 100 valence electrons. The van der Waals surface area contributed by atoms with E-state index < -0.39 is 0 Å². The van der Waals surface area contributed by atoms with Gasteiger partial charge in [0.15, 0.2) is 6.61 Å². The van der Waals surface area contributed by atoms with E-state index in [1.54, 1.807) is 31.2 Å². The Labute approximate surface area is 107 Å². The van der Waals surface area contributed by atoms with E-state index in [4.69, 9.17) is 14.6 Å². The molecule has 0 heterocycles. The molecule has 1 amide bonds. The van der Waals surface area contributed by atoms with Crippen LogP contribution in [0.25, 0.3) is 0 Å². The van der Waals surface area contributed by atoms with Gasteiger partial charge in [0.25, 0.3) is 5.91 Å². The molecule has 0 aliphatic rings. The molecule has 0 saturated carbocycles. The van der Waals surface area contributed by atoms with Gasteiger partial charge in [-0.1, -0.05) is 0 Å². The second-order valence-electron chi connectivity index (χ2n) is 3.84. The van der Waals surface area contributed by atoms with Crippen LogP contribution in [0.15, 0.2) is 24.3 Å². The van der Waals surface area contributed by atoms with Crippen LogP contribution in [-0.4, -0.2) is 36.9 Å². The molecule has 0 radical (unpaired) electrons. The highest BCUT2D eigenvalue weighted by Gasteiger charge is 2.06. The lowest BCUT2D eigenvalue weighted by Gasteiger charge is -2.11. The molecule has 5 nitrogen and oxygen atoms in total. The first kappa shape index (κ1) is 14.3. The summed E-state index contributed by atoms with van der Waals surface area (Å²) in [6.45, 7) is 4.08. The van der Waals surface area contributed by atoms with E-state index in [9.17, 15) is 4.79 Å². The Hall–Kier alpha value is -1.75. The summed E-state index contributed by atoms with van der Waals surface area (Å²) in [4.78, 5) is 11.4. The zero-order chi connectivity index (χ0) is 13.4.